The van der Waals surface area contributed by atoms with E-state index in [2.05, 4.69) is 10.4 Å². The first kappa shape index (κ1) is 18.8. The van der Waals surface area contributed by atoms with Gasteiger partial charge in [-0.3, -0.25) is 19.5 Å². The van der Waals surface area contributed by atoms with Gasteiger partial charge in [0, 0.05) is 0 Å². The molecule has 1 aromatic heterocycles. The van der Waals surface area contributed by atoms with Crippen LogP contribution in [0.5, 0.6) is 0 Å². The number of imide groups is 1. The molecule has 4 N–H and O–H groups in total. The first-order valence-corrected chi connectivity index (χ1v) is 10.1. The number of fused-ring (bicyclic) bond motifs is 1. The fourth-order valence-electron chi connectivity index (χ4n) is 3.50. The average Bonchev–Trinajstić information content (AvgIpc) is 3.03. The van der Waals surface area contributed by atoms with Crippen molar-refractivity contribution >= 4 is 27.8 Å². The zero-order valence-corrected chi connectivity index (χ0v) is 15.7. The number of amides is 2. The highest BCUT2D eigenvalue weighted by Gasteiger charge is 2.47. The maximum atomic E-state index is 12.7. The van der Waals surface area contributed by atoms with Crippen molar-refractivity contribution < 1.29 is 22.6 Å². The number of carbonyl (C=O) groups is 2. The van der Waals surface area contributed by atoms with Gasteiger partial charge in [-0.2, -0.15) is 13.5 Å². The monoisotopic (exact) mass is 412 g/mol. The van der Waals surface area contributed by atoms with Crippen molar-refractivity contribution in [3.05, 3.63) is 77.5 Å². The van der Waals surface area contributed by atoms with E-state index >= 15 is 0 Å². The fourth-order valence-corrected chi connectivity index (χ4v) is 4.60. The number of hydrogen-bond acceptors (Lipinski definition) is 6. The molecule has 1 aliphatic heterocycles. The number of hydrogen-bond donors (Lipinski definition) is 3. The molecule has 0 saturated carbocycles. The normalized spacial score (nSPS) is 17.5. The molecule has 2 unspecified atom stereocenters. The molecular weight excluding hydrogens is 396 g/mol. The predicted molar refractivity (Wildman–Crippen MR) is 104 cm³/mol. The summed E-state index contributed by atoms with van der Waals surface area (Å²) in [6, 6.07) is 16.4. The molecule has 4 rings (SSSR count). The number of rotatable bonds is 4. The minimum absolute atomic E-state index is 0.0386. The number of benzene rings is 2. The number of nitrogens with zero attached hydrogens (tertiary/aromatic N) is 2. The third-order valence-corrected chi connectivity index (χ3v) is 5.93. The van der Waals surface area contributed by atoms with E-state index in [4.69, 9.17) is 5.73 Å². The van der Waals surface area contributed by atoms with Gasteiger partial charge in [-0.05, 0) is 17.7 Å². The molecule has 0 bridgehead atoms. The van der Waals surface area contributed by atoms with E-state index in [0.29, 0.717) is 5.69 Å². The largest absolute Gasteiger partial charge is 0.383 e. The van der Waals surface area contributed by atoms with Crippen LogP contribution in [-0.4, -0.2) is 34.6 Å². The molecule has 3 aromatic rings. The minimum Gasteiger partial charge on any atom is -0.383 e. The first-order valence-electron chi connectivity index (χ1n) is 8.59. The van der Waals surface area contributed by atoms with E-state index in [1.165, 1.54) is 16.8 Å². The van der Waals surface area contributed by atoms with Crippen molar-refractivity contribution in [2.24, 2.45) is 0 Å². The number of aromatic nitrogens is 2. The SMILES string of the molecule is Nc1c2c(nn1-c1ccccc1)C(C(c1ccccc1)S(=O)(=O)O)C(=O)NC2=O. The van der Waals surface area contributed by atoms with E-state index in [9.17, 15) is 22.6 Å². The van der Waals surface area contributed by atoms with Crippen LogP contribution in [0.4, 0.5) is 5.82 Å². The summed E-state index contributed by atoms with van der Waals surface area (Å²) in [5.41, 5.74) is 6.63. The second-order valence-electron chi connectivity index (χ2n) is 6.54. The van der Waals surface area contributed by atoms with Gasteiger partial charge in [-0.25, -0.2) is 4.68 Å². The molecule has 0 fully saturated rings. The van der Waals surface area contributed by atoms with Crippen molar-refractivity contribution in [3.63, 3.8) is 0 Å². The number of carbonyl (C=O) groups excluding carboxylic acids is 2. The molecule has 148 valence electrons. The van der Waals surface area contributed by atoms with Crippen LogP contribution >= 0.6 is 0 Å². The molecule has 10 heteroatoms. The van der Waals surface area contributed by atoms with Gasteiger partial charge in [0.05, 0.1) is 11.4 Å². The van der Waals surface area contributed by atoms with Crippen molar-refractivity contribution in [1.82, 2.24) is 15.1 Å². The fraction of sp³-hybridized carbons (Fsp3) is 0.105. The zero-order chi connectivity index (χ0) is 20.8. The van der Waals surface area contributed by atoms with Crippen LogP contribution in [0.3, 0.4) is 0 Å². The summed E-state index contributed by atoms with van der Waals surface area (Å²) in [5.74, 6) is -3.16. The maximum Gasteiger partial charge on any atom is 0.273 e. The number of nitrogens with one attached hydrogen (secondary N) is 1. The summed E-state index contributed by atoms with van der Waals surface area (Å²) in [7, 11) is -4.74. The van der Waals surface area contributed by atoms with Crippen LogP contribution in [0.1, 0.15) is 32.8 Å². The molecule has 2 atom stereocenters. The summed E-state index contributed by atoms with van der Waals surface area (Å²) in [5, 5.41) is 4.77. The Balaban J connectivity index is 1.96. The van der Waals surface area contributed by atoms with Crippen LogP contribution in [0, 0.1) is 0 Å². The molecule has 0 radical (unpaired) electrons. The third-order valence-electron chi connectivity index (χ3n) is 4.74. The highest BCUT2D eigenvalue weighted by Crippen LogP contribution is 2.41. The van der Waals surface area contributed by atoms with Gasteiger partial charge >= 0.3 is 0 Å². The van der Waals surface area contributed by atoms with Crippen LogP contribution < -0.4 is 11.1 Å². The Bertz CT molecular complexity index is 1210. The van der Waals surface area contributed by atoms with Crippen LogP contribution in [0.15, 0.2) is 60.7 Å². The third kappa shape index (κ3) is 3.18. The first-order chi connectivity index (χ1) is 13.8. The zero-order valence-electron chi connectivity index (χ0n) is 14.9. The Morgan fingerprint density at radius 2 is 1.62 bits per heavy atom. The predicted octanol–water partition coefficient (Wildman–Crippen LogP) is 1.44. The summed E-state index contributed by atoms with van der Waals surface area (Å²) in [6.45, 7) is 0. The minimum atomic E-state index is -4.74. The summed E-state index contributed by atoms with van der Waals surface area (Å²) < 4.78 is 35.7. The number of nitrogens with two attached hydrogens (primary N) is 1. The molecule has 0 saturated heterocycles. The standard InChI is InChI=1S/C19H16N4O5S/c20-17-14-15(22-23(17)12-9-5-2-6-10-12)13(18(24)21-19(14)25)16(29(26,27)28)11-7-3-1-4-8-11/h1-10,13,16H,20H2,(H,21,24,25)(H,26,27,28). The second kappa shape index (κ2) is 6.83. The van der Waals surface area contributed by atoms with Gasteiger partial charge in [0.2, 0.25) is 5.91 Å². The van der Waals surface area contributed by atoms with Crippen LogP contribution in [-0.2, 0) is 14.9 Å². The molecule has 2 amide bonds. The second-order valence-corrected chi connectivity index (χ2v) is 8.07. The smallest absolute Gasteiger partial charge is 0.273 e. The van der Waals surface area contributed by atoms with Gasteiger partial charge in [-0.15, -0.1) is 0 Å². The van der Waals surface area contributed by atoms with Crippen molar-refractivity contribution in [3.8, 4) is 5.69 Å². The molecule has 29 heavy (non-hydrogen) atoms. The topological polar surface area (TPSA) is 144 Å². The Morgan fingerprint density at radius 1 is 1.03 bits per heavy atom. The molecule has 2 aromatic carbocycles. The Morgan fingerprint density at radius 3 is 2.21 bits per heavy atom. The molecule has 0 aliphatic carbocycles. The van der Waals surface area contributed by atoms with E-state index in [0.717, 1.165) is 0 Å². The van der Waals surface area contributed by atoms with Gasteiger partial charge in [0.25, 0.3) is 16.0 Å². The summed E-state index contributed by atoms with van der Waals surface area (Å²) in [4.78, 5) is 25.1. The molecule has 9 nitrogen and oxygen atoms in total. The molecule has 1 aliphatic rings. The highest BCUT2D eigenvalue weighted by atomic mass is 32.2. The van der Waals surface area contributed by atoms with Crippen molar-refractivity contribution in [1.29, 1.82) is 0 Å². The lowest BCUT2D eigenvalue weighted by Crippen LogP contribution is -2.44. The van der Waals surface area contributed by atoms with Crippen LogP contribution in [0.25, 0.3) is 5.69 Å². The van der Waals surface area contributed by atoms with Gasteiger partial charge in [0.15, 0.2) is 0 Å². The lowest BCUT2D eigenvalue weighted by atomic mass is 9.89. The average molecular weight is 412 g/mol. The molecular formula is C19H16N4O5S. The maximum absolute atomic E-state index is 12.7. The number of nitrogen functional groups attached to an aromatic ring is 1. The Kier molecular flexibility index (Phi) is 4.44. The van der Waals surface area contributed by atoms with Crippen molar-refractivity contribution in [2.45, 2.75) is 11.2 Å². The van der Waals surface area contributed by atoms with E-state index in [1.807, 2.05) is 0 Å². The number of anilines is 1. The van der Waals surface area contributed by atoms with Crippen molar-refractivity contribution in [2.75, 3.05) is 5.73 Å². The Hall–Kier alpha value is -3.50. The van der Waals surface area contributed by atoms with E-state index in [1.54, 1.807) is 48.5 Å². The Labute approximate surface area is 165 Å². The van der Waals surface area contributed by atoms with E-state index < -0.39 is 33.1 Å². The van der Waals surface area contributed by atoms with Gasteiger partial charge < -0.3 is 5.73 Å². The quantitative estimate of drug-likeness (QED) is 0.434. The number of para-hydroxylation sites is 1. The molecule has 0 spiro atoms. The summed E-state index contributed by atoms with van der Waals surface area (Å²) >= 11 is 0. The van der Waals surface area contributed by atoms with Gasteiger partial charge in [0.1, 0.15) is 22.5 Å². The lowest BCUT2D eigenvalue weighted by Gasteiger charge is -2.26. The van der Waals surface area contributed by atoms with Crippen LogP contribution in [0.2, 0.25) is 0 Å². The highest BCUT2D eigenvalue weighted by molar-refractivity contribution is 7.86. The van der Waals surface area contributed by atoms with Gasteiger partial charge in [-0.1, -0.05) is 48.5 Å². The van der Waals surface area contributed by atoms with E-state index in [-0.39, 0.29) is 22.6 Å². The summed E-state index contributed by atoms with van der Waals surface area (Å²) in [6.07, 6.45) is 0. The lowest BCUT2D eigenvalue weighted by molar-refractivity contribution is -0.122. The molecule has 2 heterocycles.